The molecule has 0 nitrogen and oxygen atoms in total. The number of rotatable bonds is 11. The van der Waals surface area contributed by atoms with E-state index in [1.165, 1.54) is 57.8 Å². The Balaban J connectivity index is 3.01. The molecule has 0 aromatic heterocycles. The molecule has 0 heteroatoms. The lowest BCUT2D eigenvalue weighted by atomic mass is 10.1. The number of unbranched alkanes of at least 4 members (excludes halogenated alkanes) is 8. The molecule has 16 heavy (non-hydrogen) atoms. The molecular formula is C16H28. The third kappa shape index (κ3) is 13.2. The summed E-state index contributed by atoms with van der Waals surface area (Å²) in [6, 6.07) is 0. The van der Waals surface area contributed by atoms with Crippen molar-refractivity contribution in [3.05, 3.63) is 37.0 Å². The van der Waals surface area contributed by atoms with Crippen LogP contribution in [0.2, 0.25) is 0 Å². The van der Waals surface area contributed by atoms with Gasteiger partial charge in [-0.05, 0) is 32.6 Å². The van der Waals surface area contributed by atoms with E-state index in [1.807, 2.05) is 6.08 Å². The topological polar surface area (TPSA) is 0 Å². The third-order valence-corrected chi connectivity index (χ3v) is 2.72. The molecule has 0 aliphatic rings. The minimum atomic E-state index is 1.19. The third-order valence-electron chi connectivity index (χ3n) is 2.72. The molecule has 0 aliphatic carbocycles. The summed E-state index contributed by atoms with van der Waals surface area (Å²) < 4.78 is 0. The van der Waals surface area contributed by atoms with Gasteiger partial charge in [0.15, 0.2) is 0 Å². The highest BCUT2D eigenvalue weighted by atomic mass is 14.0. The lowest BCUT2D eigenvalue weighted by Crippen LogP contribution is -1.80. The summed E-state index contributed by atoms with van der Waals surface area (Å²) in [5.41, 5.74) is 0. The van der Waals surface area contributed by atoms with Crippen molar-refractivity contribution in [2.45, 2.75) is 64.7 Å². The monoisotopic (exact) mass is 220 g/mol. The summed E-state index contributed by atoms with van der Waals surface area (Å²) in [6.45, 7) is 5.79. The minimum absolute atomic E-state index is 1.19. The molecule has 0 heterocycles. The highest BCUT2D eigenvalue weighted by Gasteiger charge is 1.90. The van der Waals surface area contributed by atoms with E-state index in [0.717, 1.165) is 0 Å². The number of hydrogen-bond acceptors (Lipinski definition) is 0. The maximum atomic E-state index is 3.74. The van der Waals surface area contributed by atoms with E-state index < -0.39 is 0 Å². The van der Waals surface area contributed by atoms with Crippen LogP contribution >= 0.6 is 0 Å². The largest absolute Gasteiger partial charge is 0.103 e. The van der Waals surface area contributed by atoms with Crippen molar-refractivity contribution in [3.8, 4) is 0 Å². The van der Waals surface area contributed by atoms with Crippen LogP contribution in [0, 0.1) is 0 Å². The van der Waals surface area contributed by atoms with Crippen LogP contribution in [0.3, 0.4) is 0 Å². The second-order valence-corrected chi connectivity index (χ2v) is 4.29. The number of allylic oxidation sites excluding steroid dienone is 5. The zero-order chi connectivity index (χ0) is 11.9. The zero-order valence-electron chi connectivity index (χ0n) is 11.0. The normalized spacial score (nSPS) is 11.6. The fraction of sp³-hybridized carbons (Fsp3) is 0.625. The Hall–Kier alpha value is -0.780. The Bertz CT molecular complexity index is 186. The van der Waals surface area contributed by atoms with Gasteiger partial charge in [0.25, 0.3) is 0 Å². The Morgan fingerprint density at radius 1 is 0.750 bits per heavy atom. The van der Waals surface area contributed by atoms with Crippen molar-refractivity contribution >= 4 is 0 Å². The highest BCUT2D eigenvalue weighted by molar-refractivity contribution is 5.00. The zero-order valence-corrected chi connectivity index (χ0v) is 11.0. The Morgan fingerprint density at radius 2 is 1.31 bits per heavy atom. The Labute approximate surface area is 102 Å². The SMILES string of the molecule is C=CCCCCCCCCCC=CC=CC. The van der Waals surface area contributed by atoms with Crippen LogP contribution in [0.4, 0.5) is 0 Å². The molecule has 0 amide bonds. The van der Waals surface area contributed by atoms with Gasteiger partial charge in [0.2, 0.25) is 0 Å². The first-order valence-electron chi connectivity index (χ1n) is 6.80. The molecule has 0 unspecified atom stereocenters. The van der Waals surface area contributed by atoms with Crippen LogP contribution < -0.4 is 0 Å². The van der Waals surface area contributed by atoms with Crippen molar-refractivity contribution in [2.24, 2.45) is 0 Å². The average Bonchev–Trinajstić information content (AvgIpc) is 2.31. The maximum Gasteiger partial charge on any atom is -0.0348 e. The summed E-state index contributed by atoms with van der Waals surface area (Å²) in [4.78, 5) is 0. The van der Waals surface area contributed by atoms with Gasteiger partial charge in [0.1, 0.15) is 0 Å². The quantitative estimate of drug-likeness (QED) is 0.234. The van der Waals surface area contributed by atoms with E-state index >= 15 is 0 Å². The van der Waals surface area contributed by atoms with Gasteiger partial charge < -0.3 is 0 Å². The second kappa shape index (κ2) is 14.2. The van der Waals surface area contributed by atoms with Crippen LogP contribution in [0.15, 0.2) is 37.0 Å². The van der Waals surface area contributed by atoms with E-state index in [2.05, 4.69) is 37.8 Å². The fourth-order valence-electron chi connectivity index (χ4n) is 1.72. The van der Waals surface area contributed by atoms with E-state index in [0.29, 0.717) is 0 Å². The van der Waals surface area contributed by atoms with Gasteiger partial charge in [0, 0.05) is 0 Å². The summed E-state index contributed by atoms with van der Waals surface area (Å²) in [6.07, 6.45) is 22.7. The lowest BCUT2D eigenvalue weighted by Gasteiger charge is -1.99. The van der Waals surface area contributed by atoms with Crippen molar-refractivity contribution in [3.63, 3.8) is 0 Å². The van der Waals surface area contributed by atoms with Crippen molar-refractivity contribution in [1.29, 1.82) is 0 Å². The van der Waals surface area contributed by atoms with Crippen LogP contribution in [-0.2, 0) is 0 Å². The molecule has 0 spiro atoms. The summed E-state index contributed by atoms with van der Waals surface area (Å²) >= 11 is 0. The first-order valence-corrected chi connectivity index (χ1v) is 6.80. The van der Waals surface area contributed by atoms with Crippen LogP contribution in [-0.4, -0.2) is 0 Å². The molecule has 92 valence electrons. The lowest BCUT2D eigenvalue weighted by molar-refractivity contribution is 0.584. The highest BCUT2D eigenvalue weighted by Crippen LogP contribution is 2.09. The van der Waals surface area contributed by atoms with Gasteiger partial charge in [-0.15, -0.1) is 6.58 Å². The Morgan fingerprint density at radius 3 is 1.88 bits per heavy atom. The summed E-state index contributed by atoms with van der Waals surface area (Å²) in [7, 11) is 0. The fourth-order valence-corrected chi connectivity index (χ4v) is 1.72. The van der Waals surface area contributed by atoms with Gasteiger partial charge in [-0.3, -0.25) is 0 Å². The van der Waals surface area contributed by atoms with Gasteiger partial charge in [-0.1, -0.05) is 62.5 Å². The van der Waals surface area contributed by atoms with Gasteiger partial charge in [-0.25, -0.2) is 0 Å². The predicted octanol–water partition coefficient (Wildman–Crippen LogP) is 5.82. The molecular weight excluding hydrogens is 192 g/mol. The molecule has 0 aliphatic heterocycles. The van der Waals surface area contributed by atoms with Crippen molar-refractivity contribution in [2.75, 3.05) is 0 Å². The maximum absolute atomic E-state index is 3.74. The standard InChI is InChI=1S/C16H28/c1-3-5-7-9-11-13-15-16-14-12-10-8-6-4-2/h3-4,6,8,10H,1,5,7,9,11-16H2,2H3. The molecule has 0 aromatic rings. The van der Waals surface area contributed by atoms with E-state index in [4.69, 9.17) is 0 Å². The first-order chi connectivity index (χ1) is 7.91. The summed E-state index contributed by atoms with van der Waals surface area (Å²) in [5.74, 6) is 0. The van der Waals surface area contributed by atoms with Crippen LogP contribution in [0.1, 0.15) is 64.7 Å². The molecule has 0 bridgehead atoms. The molecule has 0 N–H and O–H groups in total. The molecule has 0 atom stereocenters. The van der Waals surface area contributed by atoms with Crippen LogP contribution in [0.5, 0.6) is 0 Å². The predicted molar refractivity (Wildman–Crippen MR) is 75.7 cm³/mol. The van der Waals surface area contributed by atoms with Gasteiger partial charge in [0.05, 0.1) is 0 Å². The minimum Gasteiger partial charge on any atom is -0.103 e. The molecule has 0 fully saturated rings. The van der Waals surface area contributed by atoms with Gasteiger partial charge >= 0.3 is 0 Å². The summed E-state index contributed by atoms with van der Waals surface area (Å²) in [5, 5.41) is 0. The second-order valence-electron chi connectivity index (χ2n) is 4.29. The van der Waals surface area contributed by atoms with Gasteiger partial charge in [-0.2, -0.15) is 0 Å². The molecule has 0 saturated heterocycles. The molecule has 0 aromatic carbocycles. The van der Waals surface area contributed by atoms with Crippen molar-refractivity contribution < 1.29 is 0 Å². The van der Waals surface area contributed by atoms with Crippen molar-refractivity contribution in [1.82, 2.24) is 0 Å². The average molecular weight is 220 g/mol. The van der Waals surface area contributed by atoms with Crippen LogP contribution in [0.25, 0.3) is 0 Å². The van der Waals surface area contributed by atoms with E-state index in [9.17, 15) is 0 Å². The molecule has 0 rings (SSSR count). The first kappa shape index (κ1) is 15.2. The molecule has 0 radical (unpaired) electrons. The molecule has 0 saturated carbocycles. The smallest absolute Gasteiger partial charge is 0.0348 e. The van der Waals surface area contributed by atoms with E-state index in [1.54, 1.807) is 0 Å². The van der Waals surface area contributed by atoms with E-state index in [-0.39, 0.29) is 0 Å². The number of hydrogen-bond donors (Lipinski definition) is 0. The Kier molecular flexibility index (Phi) is 13.5.